The Morgan fingerprint density at radius 3 is 2.17 bits per heavy atom. The van der Waals surface area contributed by atoms with E-state index in [0.29, 0.717) is 0 Å². The van der Waals surface area contributed by atoms with E-state index in [0.717, 1.165) is 5.56 Å². The second-order valence-corrected chi connectivity index (χ2v) is 7.22. The molecule has 0 amide bonds. The van der Waals surface area contributed by atoms with Crippen molar-refractivity contribution >= 4 is 9.84 Å². The smallest absolute Gasteiger partial charge is 0.154 e. The van der Waals surface area contributed by atoms with Crippen LogP contribution in [-0.4, -0.2) is 42.8 Å². The zero-order valence-corrected chi connectivity index (χ0v) is 11.1. The number of rotatable bonds is 5. The van der Waals surface area contributed by atoms with Gasteiger partial charge in [0, 0.05) is 17.1 Å². The van der Waals surface area contributed by atoms with E-state index in [1.54, 1.807) is 6.92 Å². The fourth-order valence-corrected chi connectivity index (χ4v) is 4.93. The Morgan fingerprint density at radius 2 is 1.72 bits per heavy atom. The summed E-state index contributed by atoms with van der Waals surface area (Å²) in [7, 11) is -3.27. The number of sulfone groups is 1. The Balaban J connectivity index is 2.42. The molecule has 2 N–H and O–H groups in total. The van der Waals surface area contributed by atoms with E-state index in [1.165, 1.54) is 0 Å². The number of aliphatic hydroxyl groups excluding tert-OH is 2. The zero-order chi connectivity index (χ0) is 13.4. The Hall–Kier alpha value is -0.910. The topological polar surface area (TPSA) is 74.6 Å². The van der Waals surface area contributed by atoms with Gasteiger partial charge in [-0.05, 0) is 5.56 Å². The molecular formula is C13H18O4S. The van der Waals surface area contributed by atoms with Crippen LogP contribution in [0.4, 0.5) is 0 Å². The average Bonchev–Trinajstić information content (AvgIpc) is 3.10. The highest BCUT2D eigenvalue weighted by molar-refractivity contribution is 7.92. The van der Waals surface area contributed by atoms with Gasteiger partial charge in [0.2, 0.25) is 0 Å². The predicted octanol–water partition coefficient (Wildman–Crippen LogP) is 0.558. The molecule has 2 atom stereocenters. The Bertz CT molecular complexity index is 505. The largest absolute Gasteiger partial charge is 0.396 e. The quantitative estimate of drug-likeness (QED) is 0.820. The molecule has 1 saturated carbocycles. The first-order valence-corrected chi connectivity index (χ1v) is 7.73. The van der Waals surface area contributed by atoms with Gasteiger partial charge in [0.05, 0.1) is 18.5 Å². The molecule has 18 heavy (non-hydrogen) atoms. The van der Waals surface area contributed by atoms with Crippen molar-refractivity contribution in [2.45, 2.75) is 18.1 Å². The molecule has 1 aromatic carbocycles. The van der Waals surface area contributed by atoms with Crippen molar-refractivity contribution < 1.29 is 18.6 Å². The predicted molar refractivity (Wildman–Crippen MR) is 69.0 cm³/mol. The highest BCUT2D eigenvalue weighted by atomic mass is 32.2. The summed E-state index contributed by atoms with van der Waals surface area (Å²) in [6.45, 7) is 0.967. The summed E-state index contributed by atoms with van der Waals surface area (Å²) < 4.78 is 24.1. The van der Waals surface area contributed by atoms with Crippen LogP contribution in [0, 0.1) is 5.41 Å². The van der Waals surface area contributed by atoms with Crippen molar-refractivity contribution in [1.82, 2.24) is 0 Å². The Labute approximate surface area is 107 Å². The summed E-state index contributed by atoms with van der Waals surface area (Å²) in [5.41, 5.74) is -0.0569. The lowest BCUT2D eigenvalue weighted by atomic mass is 10.0. The normalized spacial score (nSPS) is 25.9. The van der Waals surface area contributed by atoms with Crippen LogP contribution in [0.25, 0.3) is 0 Å². The van der Waals surface area contributed by atoms with E-state index in [1.807, 2.05) is 30.3 Å². The molecule has 5 heteroatoms. The molecule has 4 nitrogen and oxygen atoms in total. The summed E-state index contributed by atoms with van der Waals surface area (Å²) in [6.07, 6.45) is 0. The van der Waals surface area contributed by atoms with Crippen LogP contribution in [0.15, 0.2) is 30.3 Å². The van der Waals surface area contributed by atoms with Gasteiger partial charge in [0.25, 0.3) is 0 Å². The zero-order valence-electron chi connectivity index (χ0n) is 10.3. The second-order valence-electron chi connectivity index (χ2n) is 4.81. The van der Waals surface area contributed by atoms with Crippen LogP contribution < -0.4 is 0 Å². The van der Waals surface area contributed by atoms with E-state index in [-0.39, 0.29) is 24.9 Å². The van der Waals surface area contributed by atoms with Crippen LogP contribution in [0.2, 0.25) is 0 Å². The molecule has 2 unspecified atom stereocenters. The maximum Gasteiger partial charge on any atom is 0.154 e. The number of benzene rings is 1. The molecule has 1 aliphatic rings. The SMILES string of the molecule is CCS(=O)(=O)C1C(c2ccccc2)C1(CO)CO. The lowest BCUT2D eigenvalue weighted by molar-refractivity contribution is 0.130. The molecule has 0 radical (unpaired) electrons. The molecular weight excluding hydrogens is 252 g/mol. The van der Waals surface area contributed by atoms with Crippen molar-refractivity contribution in [3.8, 4) is 0 Å². The van der Waals surface area contributed by atoms with Gasteiger partial charge in [-0.25, -0.2) is 8.42 Å². The third kappa shape index (κ3) is 1.86. The van der Waals surface area contributed by atoms with Crippen molar-refractivity contribution in [3.63, 3.8) is 0 Å². The van der Waals surface area contributed by atoms with Crippen molar-refractivity contribution in [3.05, 3.63) is 35.9 Å². The molecule has 1 fully saturated rings. The summed E-state index contributed by atoms with van der Waals surface area (Å²) in [5.74, 6) is -0.276. The lowest BCUT2D eigenvalue weighted by Crippen LogP contribution is -2.23. The monoisotopic (exact) mass is 270 g/mol. The van der Waals surface area contributed by atoms with E-state index in [4.69, 9.17) is 0 Å². The molecule has 0 spiro atoms. The minimum atomic E-state index is -3.27. The van der Waals surface area contributed by atoms with Crippen LogP contribution in [0.5, 0.6) is 0 Å². The van der Waals surface area contributed by atoms with Crippen LogP contribution >= 0.6 is 0 Å². The van der Waals surface area contributed by atoms with E-state index < -0.39 is 20.5 Å². The molecule has 100 valence electrons. The van der Waals surface area contributed by atoms with E-state index >= 15 is 0 Å². The standard InChI is InChI=1S/C13H18O4S/c1-2-18(16,17)12-11(13(12,8-14)9-15)10-6-4-3-5-7-10/h3-7,11-12,14-15H,2,8-9H2,1H3. The first-order valence-electron chi connectivity index (χ1n) is 6.01. The van der Waals surface area contributed by atoms with Crippen LogP contribution in [0.3, 0.4) is 0 Å². The highest BCUT2D eigenvalue weighted by Gasteiger charge is 2.69. The van der Waals surface area contributed by atoms with Crippen molar-refractivity contribution in [2.75, 3.05) is 19.0 Å². The third-order valence-electron chi connectivity index (χ3n) is 3.92. The van der Waals surface area contributed by atoms with Crippen molar-refractivity contribution in [1.29, 1.82) is 0 Å². The molecule has 1 aromatic rings. The van der Waals surface area contributed by atoms with Gasteiger partial charge >= 0.3 is 0 Å². The van der Waals surface area contributed by atoms with Gasteiger partial charge in [-0.15, -0.1) is 0 Å². The lowest BCUT2D eigenvalue weighted by Gasteiger charge is -2.10. The first kappa shape index (κ1) is 13.5. The Kier molecular flexibility index (Phi) is 3.49. The third-order valence-corrected chi connectivity index (χ3v) is 6.24. The maximum atomic E-state index is 12.1. The molecule has 0 heterocycles. The van der Waals surface area contributed by atoms with Gasteiger partial charge < -0.3 is 10.2 Å². The van der Waals surface area contributed by atoms with Gasteiger partial charge in [-0.2, -0.15) is 0 Å². The fourth-order valence-electron chi connectivity index (χ4n) is 2.79. The van der Waals surface area contributed by atoms with Gasteiger partial charge in [-0.1, -0.05) is 37.3 Å². The summed E-state index contributed by atoms with van der Waals surface area (Å²) >= 11 is 0. The van der Waals surface area contributed by atoms with Crippen LogP contribution in [-0.2, 0) is 9.84 Å². The molecule has 1 aliphatic carbocycles. The number of aliphatic hydroxyl groups is 2. The first-order chi connectivity index (χ1) is 8.53. The van der Waals surface area contributed by atoms with E-state index in [9.17, 15) is 18.6 Å². The van der Waals surface area contributed by atoms with Gasteiger partial charge in [0.15, 0.2) is 9.84 Å². The highest BCUT2D eigenvalue weighted by Crippen LogP contribution is 2.62. The summed E-state index contributed by atoms with van der Waals surface area (Å²) in [5, 5.41) is 18.3. The number of hydrogen-bond acceptors (Lipinski definition) is 4. The van der Waals surface area contributed by atoms with Crippen molar-refractivity contribution in [2.24, 2.45) is 5.41 Å². The maximum absolute atomic E-state index is 12.1. The molecule has 0 bridgehead atoms. The molecule has 2 rings (SSSR count). The minimum absolute atomic E-state index is 0.0305. The van der Waals surface area contributed by atoms with Gasteiger partial charge in [0.1, 0.15) is 0 Å². The molecule has 0 aliphatic heterocycles. The van der Waals surface area contributed by atoms with Gasteiger partial charge in [-0.3, -0.25) is 0 Å². The Morgan fingerprint density at radius 1 is 1.17 bits per heavy atom. The minimum Gasteiger partial charge on any atom is -0.396 e. The number of hydrogen-bond donors (Lipinski definition) is 2. The summed E-state index contributed by atoms with van der Waals surface area (Å²) in [4.78, 5) is 0. The van der Waals surface area contributed by atoms with Crippen LogP contribution in [0.1, 0.15) is 18.4 Å². The fraction of sp³-hybridized carbons (Fsp3) is 0.538. The van der Waals surface area contributed by atoms with E-state index in [2.05, 4.69) is 0 Å². The average molecular weight is 270 g/mol. The summed E-state index contributed by atoms with van der Waals surface area (Å²) in [6, 6.07) is 9.21. The second kappa shape index (κ2) is 4.64. The molecule has 0 aromatic heterocycles. The molecule has 0 saturated heterocycles.